The Bertz CT molecular complexity index is 1140. The molecule has 2 bridgehead atoms. The molecule has 3 N–H and O–H groups in total. The van der Waals surface area contributed by atoms with E-state index >= 15 is 0 Å². The van der Waals surface area contributed by atoms with Gasteiger partial charge in [-0.05, 0) is 30.7 Å². The average molecular weight is 419 g/mol. The van der Waals surface area contributed by atoms with Gasteiger partial charge in [-0.3, -0.25) is 9.69 Å². The first kappa shape index (κ1) is 18.5. The second kappa shape index (κ2) is 7.18. The Kier molecular flexibility index (Phi) is 4.29. The summed E-state index contributed by atoms with van der Waals surface area (Å²) in [6, 6.07) is 13.1. The van der Waals surface area contributed by atoms with Crippen molar-refractivity contribution in [1.82, 2.24) is 10.2 Å². The highest BCUT2D eigenvalue weighted by Crippen LogP contribution is 2.39. The predicted molar refractivity (Wildman–Crippen MR) is 116 cm³/mol. The Balaban J connectivity index is 1.31. The third kappa shape index (κ3) is 3.10. The van der Waals surface area contributed by atoms with Crippen molar-refractivity contribution in [1.29, 1.82) is 0 Å². The Morgan fingerprint density at radius 1 is 1.13 bits per heavy atom. The van der Waals surface area contributed by atoms with Crippen molar-refractivity contribution in [2.45, 2.75) is 18.5 Å². The number of hydrogen-bond acceptors (Lipinski definition) is 6. The molecule has 0 saturated carbocycles. The van der Waals surface area contributed by atoms with E-state index in [4.69, 9.17) is 4.84 Å². The minimum Gasteiger partial charge on any atom is -0.394 e. The molecule has 31 heavy (non-hydrogen) atoms. The quantitative estimate of drug-likeness (QED) is 0.403. The number of carbonyl (C=O) groups is 1. The first-order valence-electron chi connectivity index (χ1n) is 10.6. The predicted octanol–water partition coefficient (Wildman–Crippen LogP) is 2.38. The second-order valence-corrected chi connectivity index (χ2v) is 8.33. The van der Waals surface area contributed by atoms with Gasteiger partial charge < -0.3 is 20.8 Å². The van der Waals surface area contributed by atoms with Crippen LogP contribution in [0.15, 0.2) is 53.3 Å². The molecule has 7 nitrogen and oxygen atoms in total. The van der Waals surface area contributed by atoms with Crippen LogP contribution in [0.4, 0.5) is 15.8 Å². The number of para-hydroxylation sites is 1. The van der Waals surface area contributed by atoms with E-state index in [0.717, 1.165) is 30.9 Å². The van der Waals surface area contributed by atoms with Crippen LogP contribution < -0.4 is 16.0 Å². The number of carbonyl (C=O) groups excluding carboxylic acids is 1. The molecule has 2 saturated heterocycles. The highest BCUT2D eigenvalue weighted by Gasteiger charge is 2.37. The average Bonchev–Trinajstić information content (AvgIpc) is 3.52. The van der Waals surface area contributed by atoms with Crippen LogP contribution in [-0.4, -0.2) is 54.8 Å². The minimum absolute atomic E-state index is 0.288. The van der Waals surface area contributed by atoms with E-state index in [9.17, 15) is 9.18 Å². The number of benzene rings is 2. The Morgan fingerprint density at radius 2 is 2.00 bits per heavy atom. The van der Waals surface area contributed by atoms with E-state index in [1.807, 2.05) is 24.3 Å². The molecule has 4 heterocycles. The van der Waals surface area contributed by atoms with Gasteiger partial charge in [0.15, 0.2) is 0 Å². The van der Waals surface area contributed by atoms with E-state index < -0.39 is 5.82 Å². The van der Waals surface area contributed by atoms with Crippen LogP contribution in [0.3, 0.4) is 0 Å². The number of hydrogen-bond donors (Lipinski definition) is 3. The number of nitrogens with one attached hydrogen (secondary N) is 3. The highest BCUT2D eigenvalue weighted by atomic mass is 19.1. The molecule has 2 fully saturated rings. The molecule has 6 rings (SSSR count). The van der Waals surface area contributed by atoms with E-state index in [1.165, 1.54) is 18.6 Å². The van der Waals surface area contributed by atoms with Crippen LogP contribution in [-0.2, 0) is 9.63 Å². The van der Waals surface area contributed by atoms with Crippen molar-refractivity contribution in [3.8, 4) is 0 Å². The number of allylic oxidation sites excluding steroid dienone is 1. The fourth-order valence-electron chi connectivity index (χ4n) is 4.98. The molecule has 1 amide bonds. The number of rotatable bonds is 4. The third-order valence-electron chi connectivity index (χ3n) is 6.45. The third-order valence-corrected chi connectivity index (χ3v) is 6.45. The van der Waals surface area contributed by atoms with Gasteiger partial charge >= 0.3 is 0 Å². The zero-order valence-corrected chi connectivity index (χ0v) is 16.8. The fourth-order valence-corrected chi connectivity index (χ4v) is 4.98. The topological polar surface area (TPSA) is 78.0 Å². The van der Waals surface area contributed by atoms with Gasteiger partial charge in [-0.1, -0.05) is 23.4 Å². The summed E-state index contributed by atoms with van der Waals surface area (Å²) in [6.45, 7) is 3.37. The van der Waals surface area contributed by atoms with Crippen LogP contribution in [0.1, 0.15) is 17.5 Å². The van der Waals surface area contributed by atoms with Crippen LogP contribution in [0.5, 0.6) is 0 Å². The molecular weight excluding hydrogens is 397 g/mol. The number of nitrogens with zero attached hydrogens (tertiary/aromatic N) is 2. The number of piperazine rings is 1. The molecule has 0 aromatic heterocycles. The lowest BCUT2D eigenvalue weighted by atomic mass is 10.0. The minimum atomic E-state index is -0.395. The summed E-state index contributed by atoms with van der Waals surface area (Å²) in [4.78, 5) is 20.9. The largest absolute Gasteiger partial charge is 0.394 e. The Hall–Kier alpha value is -3.23. The number of halogens is 1. The van der Waals surface area contributed by atoms with Crippen LogP contribution in [0, 0.1) is 5.82 Å². The fraction of sp³-hybridized carbons (Fsp3) is 0.304. The molecule has 4 aliphatic rings. The van der Waals surface area contributed by atoms with Gasteiger partial charge in [0.05, 0.1) is 11.3 Å². The summed E-state index contributed by atoms with van der Waals surface area (Å²) in [5.41, 5.74) is 4.27. The van der Waals surface area contributed by atoms with Gasteiger partial charge in [0.25, 0.3) is 5.91 Å². The van der Waals surface area contributed by atoms with E-state index in [0.29, 0.717) is 46.9 Å². The number of oxime groups is 1. The number of fused-ring (bicyclic) bond motifs is 4. The summed E-state index contributed by atoms with van der Waals surface area (Å²) in [5, 5.41) is 14.0. The van der Waals surface area contributed by atoms with Crippen LogP contribution in [0.2, 0.25) is 0 Å². The summed E-state index contributed by atoms with van der Waals surface area (Å²) in [5.74, 6) is -0.683. The smallest absolute Gasteiger partial charge is 0.258 e. The molecule has 2 aromatic carbocycles. The van der Waals surface area contributed by atoms with E-state index in [1.54, 1.807) is 6.07 Å². The van der Waals surface area contributed by atoms with Gasteiger partial charge in [-0.25, -0.2) is 4.39 Å². The first-order valence-corrected chi connectivity index (χ1v) is 10.6. The number of likely N-dealkylation sites (tertiary alicyclic amines) is 1. The van der Waals surface area contributed by atoms with Crippen molar-refractivity contribution in [3.63, 3.8) is 0 Å². The van der Waals surface area contributed by atoms with E-state index in [-0.39, 0.29) is 5.91 Å². The lowest BCUT2D eigenvalue weighted by Gasteiger charge is -2.26. The molecule has 2 atom stereocenters. The molecule has 8 heteroatoms. The SMILES string of the molecule is O=C1Nc2ccc(F)cc2/C1=C1/Nc2ccccc2/C1=N\OCCN1C[C@H]2C[C@@H]1CN2. The van der Waals surface area contributed by atoms with Crippen LogP contribution in [0.25, 0.3) is 5.57 Å². The van der Waals surface area contributed by atoms with Crippen molar-refractivity contribution in [2.75, 3.05) is 36.9 Å². The maximum Gasteiger partial charge on any atom is 0.258 e. The molecular formula is C23H22FN5O2. The summed E-state index contributed by atoms with van der Waals surface area (Å²) < 4.78 is 13.9. The summed E-state index contributed by atoms with van der Waals surface area (Å²) in [6.07, 6.45) is 1.20. The number of amides is 1. The zero-order valence-electron chi connectivity index (χ0n) is 16.8. The Morgan fingerprint density at radius 3 is 2.84 bits per heavy atom. The second-order valence-electron chi connectivity index (χ2n) is 8.33. The highest BCUT2D eigenvalue weighted by molar-refractivity contribution is 6.39. The molecule has 0 aliphatic carbocycles. The van der Waals surface area contributed by atoms with Gasteiger partial charge in [0.2, 0.25) is 0 Å². The zero-order chi connectivity index (χ0) is 20.9. The van der Waals surface area contributed by atoms with Crippen molar-refractivity contribution in [3.05, 3.63) is 65.1 Å². The first-order chi connectivity index (χ1) is 15.2. The molecule has 0 radical (unpaired) electrons. The monoisotopic (exact) mass is 419 g/mol. The van der Waals surface area contributed by atoms with Crippen LogP contribution >= 0.6 is 0 Å². The van der Waals surface area contributed by atoms with Crippen molar-refractivity contribution < 1.29 is 14.0 Å². The maximum atomic E-state index is 13.9. The lowest BCUT2D eigenvalue weighted by Crippen LogP contribution is -2.44. The molecule has 158 valence electrons. The summed E-state index contributed by atoms with van der Waals surface area (Å²) in [7, 11) is 0. The van der Waals surface area contributed by atoms with Crippen molar-refractivity contribution in [2.24, 2.45) is 5.16 Å². The van der Waals surface area contributed by atoms with Crippen molar-refractivity contribution >= 4 is 28.6 Å². The number of anilines is 2. The molecule has 2 aromatic rings. The van der Waals surface area contributed by atoms with Gasteiger partial charge in [-0.15, -0.1) is 0 Å². The molecule has 0 spiro atoms. The standard InChI is InChI=1S/C23H22FN5O2/c24-13-5-6-19-17(9-13)20(23(30)27-19)22-21(16-3-1-2-4-18(16)26-22)28-31-8-7-29-12-14-10-15(29)11-25-14/h1-6,9,14-15,25-26H,7-8,10-12H2,(H,27,30)/b22-20-,28-21+/t14-,15-/m1/s1. The van der Waals surface area contributed by atoms with Gasteiger partial charge in [0.1, 0.15) is 18.1 Å². The summed E-state index contributed by atoms with van der Waals surface area (Å²) >= 11 is 0. The lowest BCUT2D eigenvalue weighted by molar-refractivity contribution is -0.110. The van der Waals surface area contributed by atoms with Gasteiger partial charge in [0, 0.05) is 54.2 Å². The molecule has 0 unspecified atom stereocenters. The normalized spacial score (nSPS) is 27.4. The molecule has 4 aliphatic heterocycles. The van der Waals surface area contributed by atoms with E-state index in [2.05, 4.69) is 26.0 Å². The maximum absolute atomic E-state index is 13.9. The Labute approximate surface area is 178 Å². The van der Waals surface area contributed by atoms with Gasteiger partial charge in [-0.2, -0.15) is 0 Å².